The number of nitrogens with zero attached hydrogens (tertiary/aromatic N) is 3. The Balaban J connectivity index is 2.12. The molecule has 3 rings (SSSR count). The van der Waals surface area contributed by atoms with Crippen molar-refractivity contribution in [1.82, 2.24) is 19.1 Å². The summed E-state index contributed by atoms with van der Waals surface area (Å²) in [6, 6.07) is 0. The minimum Gasteiger partial charge on any atom is -0.395 e. The second-order valence-electron chi connectivity index (χ2n) is 7.06. The van der Waals surface area contributed by atoms with Crippen LogP contribution in [0.1, 0.15) is 50.8 Å². The SMILES string of the molecule is CCCn1c(C2CCCC2)nc2c1c(=O)[nH]c(=O)n2CCS(=O)(=O)CCO. The Morgan fingerprint density at radius 3 is 2.48 bits per heavy atom. The molecule has 2 aromatic rings. The molecular weight excluding hydrogens is 372 g/mol. The van der Waals surface area contributed by atoms with Gasteiger partial charge in [-0.2, -0.15) is 0 Å². The quantitative estimate of drug-likeness (QED) is 0.661. The molecule has 0 atom stereocenters. The smallest absolute Gasteiger partial charge is 0.330 e. The van der Waals surface area contributed by atoms with Crippen LogP contribution in [-0.2, 0) is 22.9 Å². The van der Waals surface area contributed by atoms with Crippen molar-refractivity contribution < 1.29 is 13.5 Å². The molecule has 2 heterocycles. The van der Waals surface area contributed by atoms with Crippen LogP contribution >= 0.6 is 0 Å². The molecule has 0 spiro atoms. The molecule has 0 aliphatic heterocycles. The van der Waals surface area contributed by atoms with Gasteiger partial charge in [0.15, 0.2) is 21.0 Å². The summed E-state index contributed by atoms with van der Waals surface area (Å²) in [6.07, 6.45) is 5.04. The minimum absolute atomic E-state index is 0.109. The molecule has 27 heavy (non-hydrogen) atoms. The van der Waals surface area contributed by atoms with E-state index in [-0.39, 0.29) is 29.6 Å². The summed E-state index contributed by atoms with van der Waals surface area (Å²) in [5.74, 6) is 0.414. The average molecular weight is 398 g/mol. The molecule has 10 heteroatoms. The summed E-state index contributed by atoms with van der Waals surface area (Å²) in [5, 5.41) is 8.87. The highest BCUT2D eigenvalue weighted by Gasteiger charge is 2.26. The number of imidazole rings is 1. The van der Waals surface area contributed by atoms with Crippen molar-refractivity contribution >= 4 is 21.0 Å². The number of hydrogen-bond donors (Lipinski definition) is 2. The number of sulfone groups is 1. The second-order valence-corrected chi connectivity index (χ2v) is 9.37. The van der Waals surface area contributed by atoms with E-state index >= 15 is 0 Å². The van der Waals surface area contributed by atoms with Crippen LogP contribution in [0, 0.1) is 0 Å². The largest absolute Gasteiger partial charge is 0.395 e. The van der Waals surface area contributed by atoms with Crippen LogP contribution < -0.4 is 11.2 Å². The Kier molecular flexibility index (Phi) is 5.85. The summed E-state index contributed by atoms with van der Waals surface area (Å²) >= 11 is 0. The van der Waals surface area contributed by atoms with E-state index in [0.29, 0.717) is 12.1 Å². The van der Waals surface area contributed by atoms with Crippen LogP contribution in [-0.4, -0.2) is 50.7 Å². The van der Waals surface area contributed by atoms with Crippen molar-refractivity contribution in [3.63, 3.8) is 0 Å². The number of aryl methyl sites for hydroxylation is 2. The Morgan fingerprint density at radius 1 is 1.15 bits per heavy atom. The molecule has 0 amide bonds. The highest BCUT2D eigenvalue weighted by Crippen LogP contribution is 2.34. The van der Waals surface area contributed by atoms with Gasteiger partial charge in [-0.25, -0.2) is 18.2 Å². The van der Waals surface area contributed by atoms with Crippen molar-refractivity contribution in [2.75, 3.05) is 18.1 Å². The van der Waals surface area contributed by atoms with Crippen LogP contribution in [0.25, 0.3) is 11.2 Å². The van der Waals surface area contributed by atoms with Crippen molar-refractivity contribution in [3.8, 4) is 0 Å². The fourth-order valence-corrected chi connectivity index (χ4v) is 4.76. The van der Waals surface area contributed by atoms with Gasteiger partial charge in [0.1, 0.15) is 5.82 Å². The number of hydrogen-bond acceptors (Lipinski definition) is 6. The predicted molar refractivity (Wildman–Crippen MR) is 102 cm³/mol. The van der Waals surface area contributed by atoms with Crippen LogP contribution in [0.3, 0.4) is 0 Å². The standard InChI is InChI=1S/C17H26N4O5S/c1-2-7-20-13-15(18-14(20)12-5-3-4-6-12)21(17(24)19-16(13)23)8-10-27(25,26)11-9-22/h12,22H,2-11H2,1H3,(H,19,23,24). The van der Waals surface area contributed by atoms with Crippen molar-refractivity contribution in [1.29, 1.82) is 0 Å². The lowest BCUT2D eigenvalue weighted by molar-refractivity contribution is 0.319. The van der Waals surface area contributed by atoms with Crippen molar-refractivity contribution in [2.45, 2.75) is 58.0 Å². The van der Waals surface area contributed by atoms with Gasteiger partial charge in [0.2, 0.25) is 0 Å². The first-order valence-electron chi connectivity index (χ1n) is 9.42. The van der Waals surface area contributed by atoms with E-state index in [2.05, 4.69) is 9.97 Å². The molecule has 1 aliphatic carbocycles. The van der Waals surface area contributed by atoms with Gasteiger partial charge in [-0.1, -0.05) is 19.8 Å². The Hall–Kier alpha value is -1.94. The number of aliphatic hydroxyl groups is 1. The molecule has 2 N–H and O–H groups in total. The summed E-state index contributed by atoms with van der Waals surface area (Å²) in [7, 11) is -3.49. The number of nitrogens with one attached hydrogen (secondary N) is 1. The fraction of sp³-hybridized carbons (Fsp3) is 0.706. The van der Waals surface area contributed by atoms with E-state index in [4.69, 9.17) is 5.11 Å². The molecule has 0 aromatic carbocycles. The average Bonchev–Trinajstić information content (AvgIpc) is 3.23. The molecular formula is C17H26N4O5S. The number of aliphatic hydroxyl groups excluding tert-OH is 1. The first-order chi connectivity index (χ1) is 12.9. The molecule has 2 aromatic heterocycles. The normalized spacial score (nSPS) is 15.8. The van der Waals surface area contributed by atoms with E-state index < -0.39 is 27.7 Å². The fourth-order valence-electron chi connectivity index (χ4n) is 3.81. The number of rotatable bonds is 8. The molecule has 9 nitrogen and oxygen atoms in total. The zero-order valence-corrected chi connectivity index (χ0v) is 16.3. The molecule has 1 fully saturated rings. The predicted octanol–water partition coefficient (Wildman–Crippen LogP) is 0.361. The van der Waals surface area contributed by atoms with E-state index in [9.17, 15) is 18.0 Å². The van der Waals surface area contributed by atoms with Gasteiger partial charge >= 0.3 is 5.69 Å². The highest BCUT2D eigenvalue weighted by atomic mass is 32.2. The maximum Gasteiger partial charge on any atom is 0.330 e. The second kappa shape index (κ2) is 7.97. The van der Waals surface area contributed by atoms with Gasteiger partial charge in [0.25, 0.3) is 5.56 Å². The van der Waals surface area contributed by atoms with E-state index in [1.165, 1.54) is 4.57 Å². The van der Waals surface area contributed by atoms with Gasteiger partial charge in [0.05, 0.1) is 18.1 Å². The maximum atomic E-state index is 12.5. The Bertz CT molecular complexity index is 1030. The third kappa shape index (κ3) is 4.01. The van der Waals surface area contributed by atoms with Crippen molar-refractivity contribution in [2.24, 2.45) is 0 Å². The molecule has 1 saturated carbocycles. The zero-order chi connectivity index (χ0) is 19.6. The topological polar surface area (TPSA) is 127 Å². The lowest BCUT2D eigenvalue weighted by Gasteiger charge is -2.12. The van der Waals surface area contributed by atoms with Gasteiger partial charge in [0, 0.05) is 19.0 Å². The first-order valence-corrected chi connectivity index (χ1v) is 11.2. The number of fused-ring (bicyclic) bond motifs is 1. The first kappa shape index (κ1) is 19.8. The monoisotopic (exact) mass is 398 g/mol. The third-order valence-electron chi connectivity index (χ3n) is 5.11. The van der Waals surface area contributed by atoms with E-state index in [1.807, 2.05) is 11.5 Å². The summed E-state index contributed by atoms with van der Waals surface area (Å²) in [5.41, 5.74) is -0.573. The highest BCUT2D eigenvalue weighted by molar-refractivity contribution is 7.91. The maximum absolute atomic E-state index is 12.5. The Labute approximate surface area is 157 Å². The van der Waals surface area contributed by atoms with Crippen LogP contribution in [0.2, 0.25) is 0 Å². The van der Waals surface area contributed by atoms with Crippen LogP contribution in [0.15, 0.2) is 9.59 Å². The Morgan fingerprint density at radius 2 is 1.85 bits per heavy atom. The summed E-state index contributed by atoms with van der Waals surface area (Å²) < 4.78 is 27.0. The van der Waals surface area contributed by atoms with Gasteiger partial charge < -0.3 is 9.67 Å². The van der Waals surface area contributed by atoms with Crippen LogP contribution in [0.4, 0.5) is 0 Å². The molecule has 0 unspecified atom stereocenters. The van der Waals surface area contributed by atoms with E-state index in [0.717, 1.165) is 37.9 Å². The molecule has 0 bridgehead atoms. The minimum atomic E-state index is -3.49. The van der Waals surface area contributed by atoms with Crippen molar-refractivity contribution in [3.05, 3.63) is 26.7 Å². The van der Waals surface area contributed by atoms with Gasteiger partial charge in [-0.05, 0) is 19.3 Å². The summed E-state index contributed by atoms with van der Waals surface area (Å²) in [6.45, 7) is 2.05. The lowest BCUT2D eigenvalue weighted by atomic mass is 10.1. The number of aromatic amines is 1. The number of H-pyrrole nitrogens is 1. The lowest BCUT2D eigenvalue weighted by Crippen LogP contribution is -2.33. The van der Waals surface area contributed by atoms with E-state index in [1.54, 1.807) is 0 Å². The third-order valence-corrected chi connectivity index (χ3v) is 6.72. The molecule has 150 valence electrons. The van der Waals surface area contributed by atoms with Crippen LogP contribution in [0.5, 0.6) is 0 Å². The van der Waals surface area contributed by atoms with Gasteiger partial charge in [-0.15, -0.1) is 0 Å². The molecule has 1 aliphatic rings. The number of aromatic nitrogens is 4. The van der Waals surface area contributed by atoms with Gasteiger partial charge in [-0.3, -0.25) is 14.3 Å². The summed E-state index contributed by atoms with van der Waals surface area (Å²) in [4.78, 5) is 31.8. The zero-order valence-electron chi connectivity index (χ0n) is 15.5. The molecule has 0 saturated heterocycles. The molecule has 0 radical (unpaired) electrons.